The van der Waals surface area contributed by atoms with E-state index in [4.69, 9.17) is 4.98 Å². The summed E-state index contributed by atoms with van der Waals surface area (Å²) in [6.07, 6.45) is 3.04. The van der Waals surface area contributed by atoms with Crippen molar-refractivity contribution in [3.63, 3.8) is 0 Å². The summed E-state index contributed by atoms with van der Waals surface area (Å²) in [4.78, 5) is 33.2. The predicted molar refractivity (Wildman–Crippen MR) is 140 cm³/mol. The number of hydrogen-bond donors (Lipinski definition) is 1. The molecule has 0 spiro atoms. The lowest BCUT2D eigenvalue weighted by atomic mass is 9.95. The number of rotatable bonds is 6. The summed E-state index contributed by atoms with van der Waals surface area (Å²) >= 11 is 0. The van der Waals surface area contributed by atoms with Crippen molar-refractivity contribution < 1.29 is 9.59 Å². The maximum Gasteiger partial charge on any atom is 0.254 e. The molecule has 0 saturated carbocycles. The third-order valence-electron chi connectivity index (χ3n) is 6.82. The molecule has 2 amide bonds. The third-order valence-corrected chi connectivity index (χ3v) is 6.82. The highest BCUT2D eigenvalue weighted by molar-refractivity contribution is 6.06. The van der Waals surface area contributed by atoms with Gasteiger partial charge in [-0.15, -0.1) is 0 Å². The van der Waals surface area contributed by atoms with Crippen molar-refractivity contribution in [1.82, 2.24) is 25.0 Å². The molecule has 1 saturated heterocycles. The van der Waals surface area contributed by atoms with Gasteiger partial charge >= 0.3 is 0 Å². The van der Waals surface area contributed by atoms with Crippen LogP contribution >= 0.6 is 0 Å². The second kappa shape index (κ2) is 10.3. The summed E-state index contributed by atoms with van der Waals surface area (Å²) < 4.78 is 1.86. The van der Waals surface area contributed by atoms with E-state index >= 15 is 0 Å². The Hall–Kier alpha value is -4.00. The number of likely N-dealkylation sites (tertiary alicyclic amines) is 1. The van der Waals surface area contributed by atoms with Crippen molar-refractivity contribution in [3.05, 3.63) is 84.1 Å². The number of benzene rings is 2. The molecule has 4 aromatic rings. The number of carbonyl (C=O) groups excluding carboxylic acids is 2. The molecule has 1 fully saturated rings. The van der Waals surface area contributed by atoms with Gasteiger partial charge in [-0.05, 0) is 38.3 Å². The smallest absolute Gasteiger partial charge is 0.254 e. The van der Waals surface area contributed by atoms with E-state index in [1.807, 2.05) is 76.3 Å². The van der Waals surface area contributed by atoms with Crippen molar-refractivity contribution in [3.8, 4) is 11.3 Å². The van der Waals surface area contributed by atoms with Crippen LogP contribution in [-0.2, 0) is 11.3 Å². The Kier molecular flexibility index (Phi) is 6.80. The van der Waals surface area contributed by atoms with E-state index in [0.717, 1.165) is 22.2 Å². The first kappa shape index (κ1) is 23.7. The minimum atomic E-state index is -0.0845. The molecule has 184 valence electrons. The lowest BCUT2D eigenvalue weighted by Gasteiger charge is -2.31. The van der Waals surface area contributed by atoms with Gasteiger partial charge in [0.1, 0.15) is 0 Å². The lowest BCUT2D eigenvalue weighted by Crippen LogP contribution is -2.43. The fourth-order valence-electron chi connectivity index (χ4n) is 4.77. The maximum atomic E-state index is 13.7. The van der Waals surface area contributed by atoms with Gasteiger partial charge in [-0.25, -0.2) is 9.67 Å². The van der Waals surface area contributed by atoms with Crippen LogP contribution in [0.2, 0.25) is 0 Å². The summed E-state index contributed by atoms with van der Waals surface area (Å²) in [5.74, 6) is -0.0633. The van der Waals surface area contributed by atoms with Gasteiger partial charge in [0.25, 0.3) is 5.91 Å². The Bertz CT molecular complexity index is 1360. The molecule has 3 heterocycles. The second-order valence-electron chi connectivity index (χ2n) is 9.61. The number of hydrogen-bond acceptors (Lipinski definition) is 4. The van der Waals surface area contributed by atoms with Gasteiger partial charge in [0.05, 0.1) is 22.8 Å². The van der Waals surface area contributed by atoms with Gasteiger partial charge in [-0.1, -0.05) is 60.7 Å². The minimum absolute atomic E-state index is 0.0361. The molecule has 0 radical (unpaired) electrons. The molecule has 1 aliphatic rings. The summed E-state index contributed by atoms with van der Waals surface area (Å²) in [5.41, 5.74) is 4.11. The van der Waals surface area contributed by atoms with Crippen LogP contribution in [0.25, 0.3) is 22.3 Å². The summed E-state index contributed by atoms with van der Waals surface area (Å²) in [6.45, 7) is 5.73. The van der Waals surface area contributed by atoms with Crippen molar-refractivity contribution in [2.24, 2.45) is 5.92 Å². The largest absolute Gasteiger partial charge is 0.352 e. The molecule has 7 heteroatoms. The number of nitrogens with one attached hydrogen (secondary N) is 1. The van der Waals surface area contributed by atoms with E-state index in [-0.39, 0.29) is 23.8 Å². The molecule has 2 aromatic carbocycles. The fourth-order valence-corrected chi connectivity index (χ4v) is 4.77. The Morgan fingerprint density at radius 3 is 2.33 bits per heavy atom. The van der Waals surface area contributed by atoms with Crippen LogP contribution in [0.15, 0.2) is 72.9 Å². The third kappa shape index (κ3) is 4.87. The van der Waals surface area contributed by atoms with Crippen molar-refractivity contribution >= 4 is 22.8 Å². The second-order valence-corrected chi connectivity index (χ2v) is 9.61. The number of piperidine rings is 1. The Morgan fingerprint density at radius 2 is 1.67 bits per heavy atom. The molecule has 0 bridgehead atoms. The zero-order chi connectivity index (χ0) is 25.1. The quantitative estimate of drug-likeness (QED) is 0.427. The minimum Gasteiger partial charge on any atom is -0.352 e. The van der Waals surface area contributed by atoms with E-state index in [9.17, 15) is 9.59 Å². The van der Waals surface area contributed by atoms with Gasteiger partial charge in [0.15, 0.2) is 5.65 Å². The van der Waals surface area contributed by atoms with Crippen LogP contribution in [0, 0.1) is 5.92 Å². The van der Waals surface area contributed by atoms with Crippen LogP contribution in [-0.4, -0.2) is 44.6 Å². The lowest BCUT2D eigenvalue weighted by molar-refractivity contribution is -0.126. The van der Waals surface area contributed by atoms with Crippen molar-refractivity contribution in [2.75, 3.05) is 13.1 Å². The normalized spacial score (nSPS) is 14.4. The molecular formula is C29H31N5O2. The molecular weight excluding hydrogens is 450 g/mol. The van der Waals surface area contributed by atoms with Gasteiger partial charge in [0, 0.05) is 37.2 Å². The number of fused-ring (bicyclic) bond motifs is 1. The van der Waals surface area contributed by atoms with E-state index < -0.39 is 0 Å². The van der Waals surface area contributed by atoms with Crippen LogP contribution in [0.3, 0.4) is 0 Å². The first-order valence-electron chi connectivity index (χ1n) is 12.6. The molecule has 7 nitrogen and oxygen atoms in total. The van der Waals surface area contributed by atoms with E-state index in [1.165, 1.54) is 0 Å². The highest BCUT2D eigenvalue weighted by Crippen LogP contribution is 2.28. The Morgan fingerprint density at radius 1 is 1.00 bits per heavy atom. The number of aromatic nitrogens is 3. The highest BCUT2D eigenvalue weighted by Gasteiger charge is 2.29. The molecule has 0 atom stereocenters. The topological polar surface area (TPSA) is 80.1 Å². The SMILES string of the molecule is CC(C)n1ncc2c(C(=O)N3CCC(C(=O)NCc4ccccc4)CC3)cc(-c3ccccc3)nc21. The molecule has 1 N–H and O–H groups in total. The number of nitrogens with zero attached hydrogens (tertiary/aromatic N) is 4. The zero-order valence-electron chi connectivity index (χ0n) is 20.7. The van der Waals surface area contributed by atoms with Crippen molar-refractivity contribution in [1.29, 1.82) is 0 Å². The van der Waals surface area contributed by atoms with Crippen LogP contribution in [0.1, 0.15) is 48.7 Å². The maximum absolute atomic E-state index is 13.7. The van der Waals surface area contributed by atoms with E-state index in [2.05, 4.69) is 24.3 Å². The van der Waals surface area contributed by atoms with Crippen molar-refractivity contribution in [2.45, 2.75) is 39.3 Å². The summed E-state index contributed by atoms with van der Waals surface area (Å²) in [6, 6.07) is 21.8. The molecule has 5 rings (SSSR count). The molecule has 1 aliphatic heterocycles. The number of amides is 2. The highest BCUT2D eigenvalue weighted by atomic mass is 16.2. The average Bonchev–Trinajstić information content (AvgIpc) is 3.36. The first-order valence-corrected chi connectivity index (χ1v) is 12.6. The number of pyridine rings is 1. The van der Waals surface area contributed by atoms with E-state index in [0.29, 0.717) is 43.7 Å². The monoisotopic (exact) mass is 481 g/mol. The summed E-state index contributed by atoms with van der Waals surface area (Å²) in [7, 11) is 0. The standard InChI is InChI=1S/C29H31N5O2/c1-20(2)34-27-25(19-31-34)24(17-26(32-27)22-11-7-4-8-12-22)29(36)33-15-13-23(14-16-33)28(35)30-18-21-9-5-3-6-10-21/h3-12,17,19-20,23H,13-16,18H2,1-2H3,(H,30,35). The van der Waals surface area contributed by atoms with Gasteiger partial charge in [-0.3, -0.25) is 9.59 Å². The molecule has 2 aromatic heterocycles. The molecule has 0 unspecified atom stereocenters. The van der Waals surface area contributed by atoms with E-state index in [1.54, 1.807) is 6.20 Å². The summed E-state index contributed by atoms with van der Waals surface area (Å²) in [5, 5.41) is 8.34. The predicted octanol–water partition coefficient (Wildman–Crippen LogP) is 4.85. The Labute approximate surface area is 211 Å². The number of carbonyl (C=O) groups is 2. The fraction of sp³-hybridized carbons (Fsp3) is 0.310. The molecule has 36 heavy (non-hydrogen) atoms. The van der Waals surface area contributed by atoms with Crippen LogP contribution in [0.4, 0.5) is 0 Å². The van der Waals surface area contributed by atoms with Gasteiger partial charge < -0.3 is 10.2 Å². The van der Waals surface area contributed by atoms with Crippen LogP contribution < -0.4 is 5.32 Å². The zero-order valence-corrected chi connectivity index (χ0v) is 20.7. The van der Waals surface area contributed by atoms with Gasteiger partial charge in [-0.2, -0.15) is 5.10 Å². The average molecular weight is 482 g/mol. The first-order chi connectivity index (χ1) is 17.5. The molecule has 0 aliphatic carbocycles. The van der Waals surface area contributed by atoms with Gasteiger partial charge in [0.2, 0.25) is 5.91 Å². The Balaban J connectivity index is 1.33. The van der Waals surface area contributed by atoms with Crippen LogP contribution in [0.5, 0.6) is 0 Å².